The van der Waals surface area contributed by atoms with E-state index in [0.717, 1.165) is 11.3 Å². The zero-order valence-electron chi connectivity index (χ0n) is 15.4. The first-order chi connectivity index (χ1) is 13.0. The molecule has 7 nitrogen and oxygen atoms in total. The molecule has 0 aliphatic rings. The fourth-order valence-corrected chi connectivity index (χ4v) is 3.37. The number of carbonyl (C=O) groups excluding carboxylic acids is 1. The number of nitrogens with one attached hydrogen (secondary N) is 1. The van der Waals surface area contributed by atoms with Gasteiger partial charge in [-0.1, -0.05) is 6.92 Å². The van der Waals surface area contributed by atoms with Crippen LogP contribution in [0.2, 0.25) is 0 Å². The van der Waals surface area contributed by atoms with Crippen molar-refractivity contribution in [1.29, 1.82) is 0 Å². The van der Waals surface area contributed by atoms with Crippen molar-refractivity contribution in [2.75, 3.05) is 13.2 Å². The smallest absolute Gasteiger partial charge is 0.264 e. The van der Waals surface area contributed by atoms with Crippen LogP contribution in [-0.4, -0.2) is 34.1 Å². The van der Waals surface area contributed by atoms with Crippen molar-refractivity contribution in [1.82, 2.24) is 15.2 Å². The Morgan fingerprint density at radius 3 is 2.74 bits per heavy atom. The molecule has 3 aromatic rings. The predicted octanol–water partition coefficient (Wildman–Crippen LogP) is 3.57. The van der Waals surface area contributed by atoms with Crippen LogP contribution in [0.5, 0.6) is 5.75 Å². The number of ketones is 1. The van der Waals surface area contributed by atoms with E-state index in [1.807, 2.05) is 20.8 Å². The summed E-state index contributed by atoms with van der Waals surface area (Å²) < 4.78 is 11.9. The summed E-state index contributed by atoms with van der Waals surface area (Å²) in [7, 11) is 0. The molecule has 27 heavy (non-hydrogen) atoms. The number of ether oxygens (including phenoxy) is 1. The Balaban J connectivity index is 1.94. The zero-order chi connectivity index (χ0) is 19.6. The quantitative estimate of drug-likeness (QED) is 0.552. The van der Waals surface area contributed by atoms with Crippen molar-refractivity contribution in [3.8, 4) is 17.3 Å². The lowest BCUT2D eigenvalue weighted by molar-refractivity contribution is 0.103. The Labute approximate surface area is 165 Å². The van der Waals surface area contributed by atoms with Gasteiger partial charge in [0.1, 0.15) is 18.1 Å². The highest BCUT2D eigenvalue weighted by molar-refractivity contribution is 9.10. The molecule has 0 amide bonds. The molecular weight excluding hydrogens is 412 g/mol. The summed E-state index contributed by atoms with van der Waals surface area (Å²) in [5.74, 6) is 1.51. The number of aromatic amines is 1. The molecule has 3 N–H and O–H groups in total. The number of carbonyl (C=O) groups is 1. The van der Waals surface area contributed by atoms with Crippen molar-refractivity contribution in [3.63, 3.8) is 0 Å². The number of halogens is 1. The minimum absolute atomic E-state index is 0.0891. The molecule has 0 saturated heterocycles. The number of aryl methyl sites for hydroxylation is 2. The lowest BCUT2D eigenvalue weighted by Gasteiger charge is -2.09. The molecule has 0 aliphatic carbocycles. The summed E-state index contributed by atoms with van der Waals surface area (Å²) in [6, 6.07) is 5.25. The highest BCUT2D eigenvalue weighted by Crippen LogP contribution is 2.31. The van der Waals surface area contributed by atoms with Crippen molar-refractivity contribution in [3.05, 3.63) is 50.9 Å². The van der Waals surface area contributed by atoms with Crippen LogP contribution in [0.4, 0.5) is 0 Å². The maximum Gasteiger partial charge on any atom is 0.264 e. The number of rotatable bonds is 7. The van der Waals surface area contributed by atoms with E-state index in [1.165, 1.54) is 0 Å². The van der Waals surface area contributed by atoms with Gasteiger partial charge in [-0.2, -0.15) is 0 Å². The maximum absolute atomic E-state index is 13.1. The Kier molecular flexibility index (Phi) is 5.76. The molecule has 0 fully saturated rings. The minimum atomic E-state index is -0.0891. The molecule has 3 rings (SSSR count). The SMILES string of the molecule is CCc1nnc(-c2[nH]c(C)c(C(=O)c3ccc(OCCN)c(Br)c3)c2C)o1. The van der Waals surface area contributed by atoms with Gasteiger partial charge in [0.05, 0.1) is 4.47 Å². The molecule has 2 heterocycles. The van der Waals surface area contributed by atoms with Gasteiger partial charge in [0.2, 0.25) is 5.89 Å². The average Bonchev–Trinajstić information content (AvgIpc) is 3.24. The average molecular weight is 433 g/mol. The largest absolute Gasteiger partial charge is 0.491 e. The molecule has 0 bridgehead atoms. The third kappa shape index (κ3) is 3.81. The normalized spacial score (nSPS) is 11.0. The number of hydrogen-bond acceptors (Lipinski definition) is 6. The molecule has 1 aromatic carbocycles. The van der Waals surface area contributed by atoms with Crippen molar-refractivity contribution in [2.45, 2.75) is 27.2 Å². The van der Waals surface area contributed by atoms with Crippen LogP contribution in [-0.2, 0) is 6.42 Å². The summed E-state index contributed by atoms with van der Waals surface area (Å²) in [4.78, 5) is 16.3. The highest BCUT2D eigenvalue weighted by Gasteiger charge is 2.23. The lowest BCUT2D eigenvalue weighted by Crippen LogP contribution is -2.11. The molecule has 2 aromatic heterocycles. The van der Waals surface area contributed by atoms with E-state index in [-0.39, 0.29) is 5.78 Å². The third-order valence-corrected chi connectivity index (χ3v) is 4.84. The second-order valence-corrected chi connectivity index (χ2v) is 6.95. The van der Waals surface area contributed by atoms with Gasteiger partial charge in [-0.05, 0) is 53.5 Å². The first-order valence-electron chi connectivity index (χ1n) is 8.65. The summed E-state index contributed by atoms with van der Waals surface area (Å²) in [6.07, 6.45) is 0.657. The maximum atomic E-state index is 13.1. The van der Waals surface area contributed by atoms with Crippen molar-refractivity contribution < 1.29 is 13.9 Å². The van der Waals surface area contributed by atoms with Gasteiger partial charge in [-0.3, -0.25) is 4.79 Å². The minimum Gasteiger partial charge on any atom is -0.491 e. The van der Waals surface area contributed by atoms with Crippen LogP contribution < -0.4 is 10.5 Å². The Bertz CT molecular complexity index is 977. The molecule has 0 saturated carbocycles. The first-order valence-corrected chi connectivity index (χ1v) is 9.44. The van der Waals surface area contributed by atoms with Gasteiger partial charge < -0.3 is 19.9 Å². The van der Waals surface area contributed by atoms with Crippen LogP contribution in [0.1, 0.15) is 40.0 Å². The Morgan fingerprint density at radius 2 is 2.11 bits per heavy atom. The van der Waals surface area contributed by atoms with Crippen molar-refractivity contribution >= 4 is 21.7 Å². The zero-order valence-corrected chi connectivity index (χ0v) is 17.0. The first kappa shape index (κ1) is 19.3. The third-order valence-electron chi connectivity index (χ3n) is 4.22. The van der Waals surface area contributed by atoms with Crippen LogP contribution >= 0.6 is 15.9 Å². The molecule has 0 aliphatic heterocycles. The highest BCUT2D eigenvalue weighted by atomic mass is 79.9. The Morgan fingerprint density at radius 1 is 1.33 bits per heavy atom. The Hall–Kier alpha value is -2.45. The van der Waals surface area contributed by atoms with E-state index < -0.39 is 0 Å². The number of H-pyrrole nitrogens is 1. The van der Waals surface area contributed by atoms with E-state index in [0.29, 0.717) is 58.4 Å². The van der Waals surface area contributed by atoms with E-state index in [2.05, 4.69) is 31.1 Å². The fraction of sp³-hybridized carbons (Fsp3) is 0.316. The van der Waals surface area contributed by atoms with Gasteiger partial charge in [0.25, 0.3) is 5.89 Å². The van der Waals surface area contributed by atoms with Gasteiger partial charge >= 0.3 is 0 Å². The van der Waals surface area contributed by atoms with Crippen LogP contribution in [0.15, 0.2) is 27.1 Å². The van der Waals surface area contributed by atoms with E-state index in [4.69, 9.17) is 14.9 Å². The standard InChI is InChI=1S/C19H21BrN4O3/c1-4-15-23-24-19(27-15)17-10(2)16(11(3)22-17)18(25)12-5-6-14(13(20)9-12)26-8-7-21/h5-6,9,22H,4,7-8,21H2,1-3H3. The topological polar surface area (TPSA) is 107 Å². The predicted molar refractivity (Wildman–Crippen MR) is 105 cm³/mol. The number of hydrogen-bond donors (Lipinski definition) is 2. The number of benzene rings is 1. The molecular formula is C19H21BrN4O3. The summed E-state index contributed by atoms with van der Waals surface area (Å²) >= 11 is 3.45. The summed E-state index contributed by atoms with van der Waals surface area (Å²) in [5, 5.41) is 8.05. The fourth-order valence-electron chi connectivity index (χ4n) is 2.87. The molecule has 0 spiro atoms. The van der Waals surface area contributed by atoms with Gasteiger partial charge in [-0.15, -0.1) is 10.2 Å². The van der Waals surface area contributed by atoms with Gasteiger partial charge in [-0.25, -0.2) is 0 Å². The van der Waals surface area contributed by atoms with Crippen LogP contribution in [0.25, 0.3) is 11.6 Å². The van der Waals surface area contributed by atoms with E-state index in [9.17, 15) is 4.79 Å². The van der Waals surface area contributed by atoms with Gasteiger partial charge in [0.15, 0.2) is 5.78 Å². The number of nitrogens with zero attached hydrogens (tertiary/aromatic N) is 2. The monoisotopic (exact) mass is 432 g/mol. The van der Waals surface area contributed by atoms with Gasteiger partial charge in [0, 0.05) is 29.8 Å². The number of nitrogens with two attached hydrogens (primary N) is 1. The second kappa shape index (κ2) is 8.06. The second-order valence-electron chi connectivity index (χ2n) is 6.09. The number of aromatic nitrogens is 3. The molecule has 0 atom stereocenters. The summed E-state index contributed by atoms with van der Waals surface area (Å²) in [6.45, 7) is 6.50. The molecule has 0 unspecified atom stereocenters. The van der Waals surface area contributed by atoms with Crippen LogP contribution in [0, 0.1) is 13.8 Å². The van der Waals surface area contributed by atoms with E-state index in [1.54, 1.807) is 18.2 Å². The summed E-state index contributed by atoms with van der Waals surface area (Å²) in [5.41, 5.74) is 8.82. The molecule has 142 valence electrons. The molecule has 8 heteroatoms. The van der Waals surface area contributed by atoms with E-state index >= 15 is 0 Å². The van der Waals surface area contributed by atoms with Crippen molar-refractivity contribution in [2.24, 2.45) is 5.73 Å². The molecule has 0 radical (unpaired) electrons. The lowest BCUT2D eigenvalue weighted by atomic mass is 9.99. The van der Waals surface area contributed by atoms with Crippen LogP contribution in [0.3, 0.4) is 0 Å².